The molecule has 92 valence electrons. The van der Waals surface area contributed by atoms with Crippen LogP contribution in [0.15, 0.2) is 30.3 Å². The maximum atomic E-state index is 13.4. The van der Waals surface area contributed by atoms with Crippen molar-refractivity contribution in [3.8, 4) is 0 Å². The molecule has 1 aromatic rings. The molecule has 1 aliphatic rings. The van der Waals surface area contributed by atoms with E-state index in [1.807, 2.05) is 35.2 Å². The van der Waals surface area contributed by atoms with Crippen LogP contribution in [0, 0.1) is 0 Å². The van der Waals surface area contributed by atoms with Crippen molar-refractivity contribution >= 4 is 5.97 Å². The van der Waals surface area contributed by atoms with Gasteiger partial charge in [-0.15, -0.1) is 0 Å². The zero-order valence-corrected chi connectivity index (χ0v) is 9.80. The normalized spacial score (nSPS) is 24.8. The van der Waals surface area contributed by atoms with E-state index in [0.717, 1.165) is 5.56 Å². The monoisotopic (exact) mass is 237 g/mol. The summed E-state index contributed by atoms with van der Waals surface area (Å²) in [5, 5.41) is 0. The maximum absolute atomic E-state index is 13.4. The number of methoxy groups -OCH3 is 1. The van der Waals surface area contributed by atoms with Crippen LogP contribution < -0.4 is 0 Å². The maximum Gasteiger partial charge on any atom is 0.323 e. The highest BCUT2D eigenvalue weighted by Gasteiger charge is 2.37. The fourth-order valence-corrected chi connectivity index (χ4v) is 2.22. The van der Waals surface area contributed by atoms with E-state index in [1.54, 1.807) is 0 Å². The highest BCUT2D eigenvalue weighted by atomic mass is 19.1. The number of hydrogen-bond donors (Lipinski definition) is 0. The summed E-state index contributed by atoms with van der Waals surface area (Å²) >= 11 is 0. The number of rotatable bonds is 3. The molecule has 0 aromatic heterocycles. The van der Waals surface area contributed by atoms with Gasteiger partial charge >= 0.3 is 5.97 Å². The molecule has 2 rings (SSSR count). The van der Waals surface area contributed by atoms with Gasteiger partial charge < -0.3 is 4.74 Å². The number of carbonyl (C=O) groups excluding carboxylic acids is 1. The third-order valence-corrected chi connectivity index (χ3v) is 3.05. The minimum atomic E-state index is -0.942. The molecule has 0 bridgehead atoms. The van der Waals surface area contributed by atoms with E-state index in [9.17, 15) is 9.18 Å². The summed E-state index contributed by atoms with van der Waals surface area (Å²) in [6.07, 6.45) is -0.706. The Labute approximate surface area is 100 Å². The van der Waals surface area contributed by atoms with Gasteiger partial charge in [-0.3, -0.25) is 9.69 Å². The lowest BCUT2D eigenvalue weighted by molar-refractivity contribution is -0.146. The Morgan fingerprint density at radius 1 is 1.47 bits per heavy atom. The van der Waals surface area contributed by atoms with Crippen LogP contribution in [0.5, 0.6) is 0 Å². The van der Waals surface area contributed by atoms with Crippen molar-refractivity contribution < 1.29 is 13.9 Å². The molecule has 0 amide bonds. The molecule has 1 heterocycles. The fourth-order valence-electron chi connectivity index (χ4n) is 2.22. The van der Waals surface area contributed by atoms with Crippen LogP contribution in [0.4, 0.5) is 4.39 Å². The highest BCUT2D eigenvalue weighted by molar-refractivity contribution is 5.76. The molecular formula is C13H16FNO2. The molecule has 3 nitrogen and oxygen atoms in total. The highest BCUT2D eigenvalue weighted by Crippen LogP contribution is 2.23. The quantitative estimate of drug-likeness (QED) is 0.750. The van der Waals surface area contributed by atoms with Crippen LogP contribution in [0.1, 0.15) is 12.0 Å². The van der Waals surface area contributed by atoms with Gasteiger partial charge in [0.1, 0.15) is 12.2 Å². The van der Waals surface area contributed by atoms with Crippen molar-refractivity contribution in [2.24, 2.45) is 0 Å². The molecule has 1 fully saturated rings. The first-order valence-electron chi connectivity index (χ1n) is 5.70. The van der Waals surface area contributed by atoms with Gasteiger partial charge in [0.2, 0.25) is 0 Å². The predicted molar refractivity (Wildman–Crippen MR) is 62.2 cm³/mol. The average molecular weight is 237 g/mol. The third-order valence-electron chi connectivity index (χ3n) is 3.05. The lowest BCUT2D eigenvalue weighted by Gasteiger charge is -2.21. The van der Waals surface area contributed by atoms with E-state index in [4.69, 9.17) is 4.74 Å². The Balaban J connectivity index is 2.06. The van der Waals surface area contributed by atoms with Crippen molar-refractivity contribution in [1.82, 2.24) is 4.90 Å². The van der Waals surface area contributed by atoms with Gasteiger partial charge in [0.25, 0.3) is 0 Å². The minimum Gasteiger partial charge on any atom is -0.468 e. The van der Waals surface area contributed by atoms with Crippen molar-refractivity contribution in [3.63, 3.8) is 0 Å². The summed E-state index contributed by atoms with van der Waals surface area (Å²) < 4.78 is 18.1. The number of alkyl halides is 1. The number of esters is 1. The number of likely N-dealkylation sites (tertiary alicyclic amines) is 1. The fraction of sp³-hybridized carbons (Fsp3) is 0.462. The van der Waals surface area contributed by atoms with Gasteiger partial charge in [0, 0.05) is 19.5 Å². The summed E-state index contributed by atoms with van der Waals surface area (Å²) in [6, 6.07) is 9.30. The Hall–Kier alpha value is -1.42. The second kappa shape index (κ2) is 5.27. The molecule has 1 aliphatic heterocycles. The summed E-state index contributed by atoms with van der Waals surface area (Å²) in [5.41, 5.74) is 1.08. The second-order valence-corrected chi connectivity index (χ2v) is 4.29. The van der Waals surface area contributed by atoms with Gasteiger partial charge in [-0.25, -0.2) is 4.39 Å². The molecule has 0 spiro atoms. The third kappa shape index (κ3) is 2.82. The molecule has 0 N–H and O–H groups in total. The van der Waals surface area contributed by atoms with E-state index in [0.29, 0.717) is 13.1 Å². The first-order valence-corrected chi connectivity index (χ1v) is 5.70. The van der Waals surface area contributed by atoms with Crippen molar-refractivity contribution in [2.45, 2.75) is 25.2 Å². The van der Waals surface area contributed by atoms with E-state index >= 15 is 0 Å². The zero-order valence-electron chi connectivity index (χ0n) is 9.80. The molecule has 0 unspecified atom stereocenters. The first kappa shape index (κ1) is 12.0. The molecule has 0 radical (unpaired) electrons. The zero-order chi connectivity index (χ0) is 12.3. The van der Waals surface area contributed by atoms with Gasteiger partial charge in [-0.1, -0.05) is 30.3 Å². The van der Waals surface area contributed by atoms with Crippen LogP contribution in [-0.2, 0) is 16.1 Å². The standard InChI is InChI=1S/C13H16FNO2/c1-17-13(16)12-7-11(14)9-15(12)8-10-5-3-2-4-6-10/h2-6,11-12H,7-9H2,1H3/t11-,12-/m0/s1. The summed E-state index contributed by atoms with van der Waals surface area (Å²) in [4.78, 5) is 13.4. The van der Waals surface area contributed by atoms with Gasteiger partial charge in [-0.05, 0) is 5.56 Å². The number of benzene rings is 1. The molecule has 0 saturated carbocycles. The largest absolute Gasteiger partial charge is 0.468 e. The summed E-state index contributed by atoms with van der Waals surface area (Å²) in [5.74, 6) is -0.346. The van der Waals surface area contributed by atoms with Crippen molar-refractivity contribution in [2.75, 3.05) is 13.7 Å². The molecule has 2 atom stereocenters. The predicted octanol–water partition coefficient (Wildman–Crippen LogP) is 1.77. The van der Waals surface area contributed by atoms with Crippen LogP contribution in [0.2, 0.25) is 0 Å². The van der Waals surface area contributed by atoms with E-state index in [1.165, 1.54) is 7.11 Å². The molecule has 1 saturated heterocycles. The Morgan fingerprint density at radius 2 is 2.18 bits per heavy atom. The summed E-state index contributed by atoms with van der Waals surface area (Å²) in [6.45, 7) is 0.885. The number of halogens is 1. The number of ether oxygens (including phenoxy) is 1. The Morgan fingerprint density at radius 3 is 2.82 bits per heavy atom. The lowest BCUT2D eigenvalue weighted by atomic mass is 10.2. The molecular weight excluding hydrogens is 221 g/mol. The van der Waals surface area contributed by atoms with Gasteiger partial charge in [0.15, 0.2) is 0 Å². The van der Waals surface area contributed by atoms with Crippen LogP contribution >= 0.6 is 0 Å². The van der Waals surface area contributed by atoms with E-state index < -0.39 is 12.2 Å². The van der Waals surface area contributed by atoms with E-state index in [2.05, 4.69) is 0 Å². The molecule has 0 aliphatic carbocycles. The SMILES string of the molecule is COC(=O)[C@@H]1C[C@H](F)CN1Cc1ccccc1. The number of carbonyl (C=O) groups is 1. The van der Waals surface area contributed by atoms with E-state index in [-0.39, 0.29) is 12.4 Å². The average Bonchev–Trinajstić information content (AvgIpc) is 2.70. The summed E-state index contributed by atoms with van der Waals surface area (Å²) in [7, 11) is 1.34. The van der Waals surface area contributed by atoms with Crippen molar-refractivity contribution in [1.29, 1.82) is 0 Å². The Bertz CT molecular complexity index is 382. The topological polar surface area (TPSA) is 29.5 Å². The number of nitrogens with zero attached hydrogens (tertiary/aromatic N) is 1. The second-order valence-electron chi connectivity index (χ2n) is 4.29. The first-order chi connectivity index (χ1) is 8.20. The van der Waals surface area contributed by atoms with Gasteiger partial charge in [0.05, 0.1) is 7.11 Å². The Kier molecular flexibility index (Phi) is 3.74. The smallest absolute Gasteiger partial charge is 0.323 e. The van der Waals surface area contributed by atoms with Crippen LogP contribution in [-0.4, -0.2) is 36.7 Å². The van der Waals surface area contributed by atoms with Gasteiger partial charge in [-0.2, -0.15) is 0 Å². The van der Waals surface area contributed by atoms with Crippen LogP contribution in [0.3, 0.4) is 0 Å². The minimum absolute atomic E-state index is 0.236. The molecule has 1 aromatic carbocycles. The number of hydrogen-bond acceptors (Lipinski definition) is 3. The van der Waals surface area contributed by atoms with Crippen LogP contribution in [0.25, 0.3) is 0 Å². The molecule has 4 heteroatoms. The van der Waals surface area contributed by atoms with Crippen molar-refractivity contribution in [3.05, 3.63) is 35.9 Å². The lowest BCUT2D eigenvalue weighted by Crippen LogP contribution is -2.36. The molecule has 17 heavy (non-hydrogen) atoms.